The normalized spacial score (nSPS) is 21.3. The zero-order chi connectivity index (χ0) is 17.1. The van der Waals surface area contributed by atoms with Crippen molar-refractivity contribution in [3.8, 4) is 0 Å². The number of hydrogen-bond donors (Lipinski definition) is 1. The lowest BCUT2D eigenvalue weighted by atomic mass is 9.87. The fourth-order valence-corrected chi connectivity index (χ4v) is 4.38. The van der Waals surface area contributed by atoms with E-state index >= 15 is 0 Å². The van der Waals surface area contributed by atoms with Crippen molar-refractivity contribution >= 4 is 21.6 Å². The van der Waals surface area contributed by atoms with Crippen LogP contribution in [-0.4, -0.2) is 55.3 Å². The Morgan fingerprint density at radius 3 is 2.61 bits per heavy atom. The van der Waals surface area contributed by atoms with Crippen LogP contribution in [0.5, 0.6) is 0 Å². The van der Waals surface area contributed by atoms with Gasteiger partial charge >= 0.3 is 0 Å². The zero-order valence-electron chi connectivity index (χ0n) is 14.2. The predicted octanol–water partition coefficient (Wildman–Crippen LogP) is 1.11. The van der Waals surface area contributed by atoms with Gasteiger partial charge < -0.3 is 10.2 Å². The first-order valence-corrected chi connectivity index (χ1v) is 9.90. The quantitative estimate of drug-likeness (QED) is 0.781. The molecule has 2 heterocycles. The van der Waals surface area contributed by atoms with Crippen LogP contribution in [0.15, 0.2) is 5.16 Å². The molecule has 1 spiro atoms. The minimum atomic E-state index is -3.17. The maximum absolute atomic E-state index is 12.1. The van der Waals surface area contributed by atoms with Crippen molar-refractivity contribution in [2.24, 2.45) is 11.1 Å². The fourth-order valence-electron chi connectivity index (χ4n) is 2.87. The molecular formula is C15H27N3O4S. The summed E-state index contributed by atoms with van der Waals surface area (Å²) in [6.07, 6.45) is 2.21. The van der Waals surface area contributed by atoms with Gasteiger partial charge in [-0.3, -0.25) is 4.79 Å². The zero-order valence-corrected chi connectivity index (χ0v) is 15.0. The third kappa shape index (κ3) is 4.44. The minimum absolute atomic E-state index is 0.181. The van der Waals surface area contributed by atoms with Gasteiger partial charge in [-0.05, 0) is 12.3 Å². The van der Waals surface area contributed by atoms with Gasteiger partial charge in [0.15, 0.2) is 0 Å². The van der Waals surface area contributed by atoms with Gasteiger partial charge in [0.1, 0.15) is 11.3 Å². The van der Waals surface area contributed by atoms with Gasteiger partial charge in [-0.15, -0.1) is 0 Å². The van der Waals surface area contributed by atoms with Crippen LogP contribution < -0.4 is 5.32 Å². The highest BCUT2D eigenvalue weighted by Crippen LogP contribution is 2.35. The summed E-state index contributed by atoms with van der Waals surface area (Å²) in [6, 6.07) is 0. The SMILES string of the molecule is CCCS(=O)(=O)N1CCC2(CC1)CC(C(=O)NCC(C)C)=NO2. The lowest BCUT2D eigenvalue weighted by molar-refractivity contribution is -0.115. The predicted molar refractivity (Wildman–Crippen MR) is 88.6 cm³/mol. The molecule has 23 heavy (non-hydrogen) atoms. The molecule has 1 N–H and O–H groups in total. The molecule has 0 aromatic carbocycles. The molecule has 1 fully saturated rings. The van der Waals surface area contributed by atoms with Gasteiger partial charge in [0.05, 0.1) is 5.75 Å². The molecule has 0 aliphatic carbocycles. The third-order valence-electron chi connectivity index (χ3n) is 4.26. The number of amides is 1. The molecule has 0 bridgehead atoms. The molecule has 1 amide bonds. The maximum atomic E-state index is 12.1. The largest absolute Gasteiger partial charge is 0.388 e. The van der Waals surface area contributed by atoms with Crippen LogP contribution in [0.2, 0.25) is 0 Å². The number of hydrogen-bond acceptors (Lipinski definition) is 5. The van der Waals surface area contributed by atoms with E-state index < -0.39 is 15.6 Å². The first-order chi connectivity index (χ1) is 10.8. The fraction of sp³-hybridized carbons (Fsp3) is 0.867. The Labute approximate surface area is 138 Å². The van der Waals surface area contributed by atoms with E-state index in [0.29, 0.717) is 56.9 Å². The molecule has 8 heteroatoms. The minimum Gasteiger partial charge on any atom is -0.388 e. The number of rotatable bonds is 6. The Balaban J connectivity index is 1.88. The van der Waals surface area contributed by atoms with E-state index in [-0.39, 0.29) is 11.7 Å². The standard InChI is InChI=1S/C15H27N3O4S/c1-4-9-23(20,21)18-7-5-15(6-8-18)10-13(17-22-15)14(19)16-11-12(2)3/h12H,4-11H2,1-3H3,(H,16,19). The molecule has 0 aromatic heterocycles. The highest BCUT2D eigenvalue weighted by Gasteiger charge is 2.45. The first kappa shape index (κ1) is 18.2. The van der Waals surface area contributed by atoms with E-state index in [9.17, 15) is 13.2 Å². The van der Waals surface area contributed by atoms with E-state index in [1.807, 2.05) is 20.8 Å². The summed E-state index contributed by atoms with van der Waals surface area (Å²) in [5.74, 6) is 0.375. The van der Waals surface area contributed by atoms with Crippen molar-refractivity contribution in [3.05, 3.63) is 0 Å². The van der Waals surface area contributed by atoms with Crippen LogP contribution in [0, 0.1) is 5.92 Å². The number of nitrogens with zero attached hydrogens (tertiary/aromatic N) is 2. The van der Waals surface area contributed by atoms with Crippen molar-refractivity contribution in [2.45, 2.75) is 52.1 Å². The lowest BCUT2D eigenvalue weighted by Gasteiger charge is -2.36. The summed E-state index contributed by atoms with van der Waals surface area (Å²) in [5.41, 5.74) is -0.0987. The summed E-state index contributed by atoms with van der Waals surface area (Å²) in [7, 11) is -3.17. The molecular weight excluding hydrogens is 318 g/mol. The summed E-state index contributed by atoms with van der Waals surface area (Å²) in [4.78, 5) is 17.6. The van der Waals surface area contributed by atoms with Gasteiger partial charge in [0.25, 0.3) is 5.91 Å². The van der Waals surface area contributed by atoms with E-state index in [1.54, 1.807) is 0 Å². The molecule has 2 rings (SSSR count). The van der Waals surface area contributed by atoms with Crippen LogP contribution in [0.4, 0.5) is 0 Å². The summed E-state index contributed by atoms with van der Waals surface area (Å²) in [5, 5.41) is 6.79. The summed E-state index contributed by atoms with van der Waals surface area (Å²) >= 11 is 0. The van der Waals surface area contributed by atoms with Crippen molar-refractivity contribution < 1.29 is 18.0 Å². The van der Waals surface area contributed by atoms with Crippen LogP contribution in [0.1, 0.15) is 46.5 Å². The van der Waals surface area contributed by atoms with E-state index in [0.717, 1.165) is 0 Å². The molecule has 0 aromatic rings. The van der Waals surface area contributed by atoms with Gasteiger partial charge in [-0.2, -0.15) is 0 Å². The van der Waals surface area contributed by atoms with Crippen LogP contribution >= 0.6 is 0 Å². The number of carbonyl (C=O) groups excluding carboxylic acids is 1. The number of nitrogens with one attached hydrogen (secondary N) is 1. The Morgan fingerprint density at radius 1 is 1.39 bits per heavy atom. The smallest absolute Gasteiger partial charge is 0.269 e. The second-order valence-corrected chi connectivity index (χ2v) is 8.90. The molecule has 0 saturated carbocycles. The summed E-state index contributed by atoms with van der Waals surface area (Å²) in [6.45, 7) is 7.38. The highest BCUT2D eigenvalue weighted by atomic mass is 32.2. The van der Waals surface area contributed by atoms with Gasteiger partial charge in [0, 0.05) is 38.9 Å². The molecule has 0 atom stereocenters. The monoisotopic (exact) mass is 345 g/mol. The van der Waals surface area contributed by atoms with Crippen LogP contribution in [0.25, 0.3) is 0 Å². The number of piperidine rings is 1. The van der Waals surface area contributed by atoms with Crippen molar-refractivity contribution in [1.82, 2.24) is 9.62 Å². The lowest BCUT2D eigenvalue weighted by Crippen LogP contribution is -2.48. The Kier molecular flexibility index (Phi) is 5.67. The molecule has 2 aliphatic rings. The maximum Gasteiger partial charge on any atom is 0.269 e. The Bertz CT molecular complexity index is 563. The average molecular weight is 345 g/mol. The van der Waals surface area contributed by atoms with Crippen molar-refractivity contribution in [2.75, 3.05) is 25.4 Å². The number of sulfonamides is 1. The van der Waals surface area contributed by atoms with E-state index in [2.05, 4.69) is 10.5 Å². The first-order valence-electron chi connectivity index (χ1n) is 8.29. The van der Waals surface area contributed by atoms with E-state index in [4.69, 9.17) is 4.84 Å². The Morgan fingerprint density at radius 2 is 2.04 bits per heavy atom. The molecule has 7 nitrogen and oxygen atoms in total. The topological polar surface area (TPSA) is 88.1 Å². The van der Waals surface area contributed by atoms with Crippen molar-refractivity contribution in [1.29, 1.82) is 0 Å². The summed E-state index contributed by atoms with van der Waals surface area (Å²) < 4.78 is 25.7. The molecule has 0 radical (unpaired) electrons. The van der Waals surface area contributed by atoms with Gasteiger partial charge in [0.2, 0.25) is 10.0 Å². The third-order valence-corrected chi connectivity index (χ3v) is 6.34. The average Bonchev–Trinajstić information content (AvgIpc) is 2.89. The number of oxime groups is 1. The van der Waals surface area contributed by atoms with E-state index in [1.165, 1.54) is 4.31 Å². The molecule has 1 saturated heterocycles. The van der Waals surface area contributed by atoms with Crippen LogP contribution in [0.3, 0.4) is 0 Å². The molecule has 2 aliphatic heterocycles. The second-order valence-electron chi connectivity index (χ2n) is 6.81. The number of carbonyl (C=O) groups is 1. The molecule has 0 unspecified atom stereocenters. The van der Waals surface area contributed by atoms with Gasteiger partial charge in [-0.25, -0.2) is 12.7 Å². The molecule has 132 valence electrons. The van der Waals surface area contributed by atoms with Crippen molar-refractivity contribution in [3.63, 3.8) is 0 Å². The Hall–Kier alpha value is -1.15. The van der Waals surface area contributed by atoms with Gasteiger partial charge in [-0.1, -0.05) is 25.9 Å². The highest BCUT2D eigenvalue weighted by molar-refractivity contribution is 7.89. The second kappa shape index (κ2) is 7.17. The van der Waals surface area contributed by atoms with Crippen LogP contribution in [-0.2, 0) is 19.7 Å².